The minimum atomic E-state index is 0. The standard InChI is InChI=1S/C22H30N4OS.HI/c1-23-22(26(3)17-19-10-12-20(28-4)13-11-19)24-15-14-21(27)25(2)16-18-8-6-5-7-9-18;/h5-13H,14-17H2,1-4H3,(H,23,24);1H. The van der Waals surface area contributed by atoms with Crippen LogP contribution in [-0.2, 0) is 17.9 Å². The molecule has 7 heteroatoms. The Labute approximate surface area is 196 Å². The molecule has 2 aromatic rings. The van der Waals surface area contributed by atoms with Crippen LogP contribution in [0.5, 0.6) is 0 Å². The zero-order valence-electron chi connectivity index (χ0n) is 17.6. The molecule has 0 unspecified atom stereocenters. The molecule has 1 N–H and O–H groups in total. The second-order valence-corrected chi connectivity index (χ2v) is 7.54. The van der Waals surface area contributed by atoms with Gasteiger partial charge < -0.3 is 15.1 Å². The van der Waals surface area contributed by atoms with E-state index >= 15 is 0 Å². The fourth-order valence-electron chi connectivity index (χ4n) is 2.88. The Bertz CT molecular complexity index is 768. The molecule has 2 aromatic carbocycles. The summed E-state index contributed by atoms with van der Waals surface area (Å²) in [5.74, 6) is 0.898. The largest absolute Gasteiger partial charge is 0.356 e. The Morgan fingerprint density at radius 2 is 1.55 bits per heavy atom. The van der Waals surface area contributed by atoms with Gasteiger partial charge in [0.15, 0.2) is 5.96 Å². The fourth-order valence-corrected chi connectivity index (χ4v) is 3.29. The van der Waals surface area contributed by atoms with Crippen LogP contribution in [-0.4, -0.2) is 55.6 Å². The quantitative estimate of drug-likeness (QED) is 0.244. The molecule has 0 aliphatic heterocycles. The van der Waals surface area contributed by atoms with Crippen molar-refractivity contribution in [3.63, 3.8) is 0 Å². The highest BCUT2D eigenvalue weighted by Gasteiger charge is 2.11. The van der Waals surface area contributed by atoms with Crippen LogP contribution in [0.15, 0.2) is 64.5 Å². The number of carbonyl (C=O) groups is 1. The van der Waals surface area contributed by atoms with Gasteiger partial charge in [0.2, 0.25) is 5.91 Å². The lowest BCUT2D eigenvalue weighted by molar-refractivity contribution is -0.130. The molecule has 2 rings (SSSR count). The van der Waals surface area contributed by atoms with Crippen molar-refractivity contribution >= 4 is 47.6 Å². The Kier molecular flexibility index (Phi) is 11.8. The number of nitrogens with zero attached hydrogens (tertiary/aromatic N) is 3. The van der Waals surface area contributed by atoms with E-state index in [1.165, 1.54) is 10.5 Å². The third-order valence-corrected chi connectivity index (χ3v) is 5.21. The highest BCUT2D eigenvalue weighted by molar-refractivity contribution is 14.0. The average Bonchev–Trinajstić information content (AvgIpc) is 2.72. The molecule has 0 spiro atoms. The molecule has 0 saturated carbocycles. The zero-order valence-corrected chi connectivity index (χ0v) is 20.7. The molecule has 0 radical (unpaired) electrons. The first-order valence-electron chi connectivity index (χ1n) is 9.36. The van der Waals surface area contributed by atoms with Crippen molar-refractivity contribution in [2.24, 2.45) is 4.99 Å². The van der Waals surface area contributed by atoms with Crippen LogP contribution < -0.4 is 5.32 Å². The summed E-state index contributed by atoms with van der Waals surface area (Å²) >= 11 is 1.74. The molecule has 0 fully saturated rings. The lowest BCUT2D eigenvalue weighted by Gasteiger charge is -2.23. The number of thioether (sulfide) groups is 1. The molecule has 29 heavy (non-hydrogen) atoms. The van der Waals surface area contributed by atoms with Crippen LogP contribution in [0.1, 0.15) is 17.5 Å². The monoisotopic (exact) mass is 526 g/mol. The number of hydrogen-bond donors (Lipinski definition) is 1. The molecule has 0 aliphatic rings. The average molecular weight is 526 g/mol. The summed E-state index contributed by atoms with van der Waals surface area (Å²) in [5.41, 5.74) is 2.36. The first-order valence-corrected chi connectivity index (χ1v) is 10.6. The van der Waals surface area contributed by atoms with Crippen molar-refractivity contribution in [3.05, 3.63) is 65.7 Å². The highest BCUT2D eigenvalue weighted by atomic mass is 127. The summed E-state index contributed by atoms with van der Waals surface area (Å²) in [4.78, 5) is 21.8. The minimum Gasteiger partial charge on any atom is -0.356 e. The summed E-state index contributed by atoms with van der Waals surface area (Å²) in [6.07, 6.45) is 2.50. The van der Waals surface area contributed by atoms with Gasteiger partial charge in [0, 0.05) is 52.1 Å². The number of halogens is 1. The van der Waals surface area contributed by atoms with Gasteiger partial charge in [-0.1, -0.05) is 42.5 Å². The van der Waals surface area contributed by atoms with Crippen LogP contribution in [0, 0.1) is 0 Å². The van der Waals surface area contributed by atoms with E-state index in [1.54, 1.807) is 23.7 Å². The first-order chi connectivity index (χ1) is 13.5. The summed E-state index contributed by atoms with van der Waals surface area (Å²) in [6.45, 7) is 1.94. The number of benzene rings is 2. The number of aliphatic imine (C=N–C) groups is 1. The number of rotatable bonds is 8. The first kappa shape index (κ1) is 25.3. The van der Waals surface area contributed by atoms with E-state index in [1.807, 2.05) is 44.4 Å². The molecule has 0 heterocycles. The van der Waals surface area contributed by atoms with E-state index in [4.69, 9.17) is 0 Å². The predicted octanol–water partition coefficient (Wildman–Crippen LogP) is 4.08. The van der Waals surface area contributed by atoms with E-state index in [-0.39, 0.29) is 29.9 Å². The van der Waals surface area contributed by atoms with E-state index in [0.29, 0.717) is 19.5 Å². The normalized spacial score (nSPS) is 10.8. The van der Waals surface area contributed by atoms with Crippen molar-refractivity contribution in [2.45, 2.75) is 24.4 Å². The predicted molar refractivity (Wildman–Crippen MR) is 134 cm³/mol. The number of carbonyl (C=O) groups excluding carboxylic acids is 1. The van der Waals surface area contributed by atoms with Crippen molar-refractivity contribution in [1.29, 1.82) is 0 Å². The Morgan fingerprint density at radius 3 is 2.14 bits per heavy atom. The third-order valence-electron chi connectivity index (χ3n) is 4.46. The molecule has 0 saturated heterocycles. The summed E-state index contributed by atoms with van der Waals surface area (Å²) in [5, 5.41) is 3.29. The lowest BCUT2D eigenvalue weighted by Crippen LogP contribution is -2.40. The van der Waals surface area contributed by atoms with Crippen LogP contribution in [0.2, 0.25) is 0 Å². The molecule has 0 bridgehead atoms. The molecule has 0 aromatic heterocycles. The van der Waals surface area contributed by atoms with Crippen LogP contribution in [0.4, 0.5) is 0 Å². The van der Waals surface area contributed by atoms with Crippen molar-refractivity contribution in [1.82, 2.24) is 15.1 Å². The Morgan fingerprint density at radius 1 is 0.966 bits per heavy atom. The topological polar surface area (TPSA) is 47.9 Å². The SMILES string of the molecule is CN=C(NCCC(=O)N(C)Cc1ccccc1)N(C)Cc1ccc(SC)cc1.I. The maximum absolute atomic E-state index is 12.4. The van der Waals surface area contributed by atoms with Gasteiger partial charge in [0.25, 0.3) is 0 Å². The minimum absolute atomic E-state index is 0. The number of hydrogen-bond acceptors (Lipinski definition) is 3. The second kappa shape index (κ2) is 13.5. The van der Waals surface area contributed by atoms with Gasteiger partial charge in [-0.3, -0.25) is 9.79 Å². The van der Waals surface area contributed by atoms with Gasteiger partial charge >= 0.3 is 0 Å². The van der Waals surface area contributed by atoms with Gasteiger partial charge in [-0.15, -0.1) is 35.7 Å². The smallest absolute Gasteiger partial charge is 0.224 e. The van der Waals surface area contributed by atoms with Gasteiger partial charge in [0.05, 0.1) is 0 Å². The van der Waals surface area contributed by atoms with Gasteiger partial charge in [0.1, 0.15) is 0 Å². The molecule has 0 atom stereocenters. The summed E-state index contributed by atoms with van der Waals surface area (Å²) < 4.78 is 0. The molecular formula is C22H31IN4OS. The van der Waals surface area contributed by atoms with Gasteiger partial charge in [-0.05, 0) is 29.5 Å². The molecule has 158 valence electrons. The van der Waals surface area contributed by atoms with Crippen LogP contribution in [0.3, 0.4) is 0 Å². The number of amides is 1. The highest BCUT2D eigenvalue weighted by Crippen LogP contribution is 2.15. The van der Waals surface area contributed by atoms with Crippen molar-refractivity contribution < 1.29 is 4.79 Å². The lowest BCUT2D eigenvalue weighted by atomic mass is 10.2. The Hall–Kier alpha value is -1.74. The maximum Gasteiger partial charge on any atom is 0.224 e. The fraction of sp³-hybridized carbons (Fsp3) is 0.364. The Balaban J connectivity index is 0.00000420. The van der Waals surface area contributed by atoms with E-state index in [9.17, 15) is 4.79 Å². The van der Waals surface area contributed by atoms with Crippen molar-refractivity contribution in [3.8, 4) is 0 Å². The molecule has 1 amide bonds. The van der Waals surface area contributed by atoms with E-state index < -0.39 is 0 Å². The van der Waals surface area contributed by atoms with Crippen LogP contribution >= 0.6 is 35.7 Å². The third kappa shape index (κ3) is 8.65. The number of guanidine groups is 1. The van der Waals surface area contributed by atoms with E-state index in [2.05, 4.69) is 45.7 Å². The molecule has 0 aliphatic carbocycles. The van der Waals surface area contributed by atoms with Gasteiger partial charge in [-0.2, -0.15) is 0 Å². The summed E-state index contributed by atoms with van der Waals surface area (Å²) in [7, 11) is 5.61. The molecule has 5 nitrogen and oxygen atoms in total. The molecular weight excluding hydrogens is 495 g/mol. The van der Waals surface area contributed by atoms with Crippen LogP contribution in [0.25, 0.3) is 0 Å². The van der Waals surface area contributed by atoms with Gasteiger partial charge in [-0.25, -0.2) is 0 Å². The summed E-state index contributed by atoms with van der Waals surface area (Å²) in [6, 6.07) is 18.6. The number of nitrogens with one attached hydrogen (secondary N) is 1. The van der Waals surface area contributed by atoms with Crippen molar-refractivity contribution in [2.75, 3.05) is 33.9 Å². The second-order valence-electron chi connectivity index (χ2n) is 6.66. The maximum atomic E-state index is 12.4. The zero-order chi connectivity index (χ0) is 20.4. The van der Waals surface area contributed by atoms with E-state index in [0.717, 1.165) is 18.1 Å².